The summed E-state index contributed by atoms with van der Waals surface area (Å²) in [5, 5.41) is 9.44. The Bertz CT molecular complexity index is 1100. The van der Waals surface area contributed by atoms with Crippen LogP contribution in [0, 0.1) is 0 Å². The highest BCUT2D eigenvalue weighted by Crippen LogP contribution is 2.27. The van der Waals surface area contributed by atoms with E-state index in [0.29, 0.717) is 11.7 Å². The van der Waals surface area contributed by atoms with Crippen molar-refractivity contribution in [2.75, 3.05) is 12.8 Å². The number of rotatable bonds is 7. The first-order chi connectivity index (χ1) is 14.7. The number of hydrogen-bond donors (Lipinski definition) is 0. The Balaban J connectivity index is 1.54. The van der Waals surface area contributed by atoms with Crippen LogP contribution in [0.15, 0.2) is 90.3 Å². The first-order valence-corrected chi connectivity index (χ1v) is 10.5. The van der Waals surface area contributed by atoms with Crippen molar-refractivity contribution < 1.29 is 4.79 Å². The van der Waals surface area contributed by atoms with E-state index in [-0.39, 0.29) is 11.7 Å². The number of carbonyl (C=O) groups is 1. The second-order valence-electron chi connectivity index (χ2n) is 6.74. The van der Waals surface area contributed by atoms with Crippen LogP contribution in [0.25, 0.3) is 17.1 Å². The topological polar surface area (TPSA) is 63.9 Å². The fraction of sp³-hybridized carbons (Fsp3) is 0.130. The van der Waals surface area contributed by atoms with Crippen LogP contribution in [0.1, 0.15) is 5.56 Å². The van der Waals surface area contributed by atoms with E-state index in [2.05, 4.69) is 15.2 Å². The molecule has 0 aliphatic heterocycles. The van der Waals surface area contributed by atoms with E-state index in [1.165, 1.54) is 11.8 Å². The predicted molar refractivity (Wildman–Crippen MR) is 118 cm³/mol. The van der Waals surface area contributed by atoms with Gasteiger partial charge in [-0.3, -0.25) is 14.3 Å². The molecule has 0 aliphatic rings. The van der Waals surface area contributed by atoms with Gasteiger partial charge in [-0.15, -0.1) is 10.2 Å². The summed E-state index contributed by atoms with van der Waals surface area (Å²) in [6.07, 6.45) is 3.46. The predicted octanol–water partition coefficient (Wildman–Crippen LogP) is 4.08. The summed E-state index contributed by atoms with van der Waals surface area (Å²) in [4.78, 5) is 18.5. The van der Waals surface area contributed by atoms with E-state index in [0.717, 1.165) is 22.6 Å². The number of nitrogens with zero attached hydrogens (tertiary/aromatic N) is 5. The molecule has 2 aromatic carbocycles. The van der Waals surface area contributed by atoms with Gasteiger partial charge in [-0.2, -0.15) is 0 Å². The van der Waals surface area contributed by atoms with Crippen LogP contribution in [-0.2, 0) is 11.3 Å². The van der Waals surface area contributed by atoms with Crippen molar-refractivity contribution in [3.63, 3.8) is 0 Å². The zero-order chi connectivity index (χ0) is 20.8. The van der Waals surface area contributed by atoms with Crippen molar-refractivity contribution >= 4 is 17.7 Å². The van der Waals surface area contributed by atoms with E-state index in [4.69, 9.17) is 0 Å². The maximum atomic E-state index is 12.7. The van der Waals surface area contributed by atoms with Crippen LogP contribution in [0.4, 0.5) is 0 Å². The Morgan fingerprint density at radius 1 is 0.933 bits per heavy atom. The molecule has 4 aromatic rings. The lowest BCUT2D eigenvalue weighted by atomic mass is 10.2. The summed E-state index contributed by atoms with van der Waals surface area (Å²) in [5.74, 6) is 1.04. The van der Waals surface area contributed by atoms with Crippen LogP contribution in [0.5, 0.6) is 0 Å². The van der Waals surface area contributed by atoms with Gasteiger partial charge in [0.1, 0.15) is 0 Å². The highest BCUT2D eigenvalue weighted by molar-refractivity contribution is 7.99. The lowest BCUT2D eigenvalue weighted by Gasteiger charge is -2.17. The van der Waals surface area contributed by atoms with Crippen molar-refractivity contribution in [1.29, 1.82) is 0 Å². The van der Waals surface area contributed by atoms with Gasteiger partial charge in [-0.25, -0.2) is 0 Å². The SMILES string of the molecule is CN(Cc1ccccc1)C(=O)CSc1nnc(-c2ccncc2)n1-c1ccccc1. The quantitative estimate of drug-likeness (QED) is 0.426. The Labute approximate surface area is 179 Å². The van der Waals surface area contributed by atoms with E-state index < -0.39 is 0 Å². The van der Waals surface area contributed by atoms with Gasteiger partial charge in [0.25, 0.3) is 0 Å². The molecule has 0 unspecified atom stereocenters. The molecule has 0 aliphatic carbocycles. The first kappa shape index (κ1) is 19.8. The van der Waals surface area contributed by atoms with Crippen molar-refractivity contribution in [2.24, 2.45) is 0 Å². The van der Waals surface area contributed by atoms with Gasteiger partial charge in [-0.05, 0) is 29.8 Å². The average molecular weight is 416 g/mol. The lowest BCUT2D eigenvalue weighted by molar-refractivity contribution is -0.127. The third-order valence-corrected chi connectivity index (χ3v) is 5.51. The van der Waals surface area contributed by atoms with Crippen LogP contribution in [0.3, 0.4) is 0 Å². The van der Waals surface area contributed by atoms with Crippen LogP contribution in [-0.4, -0.2) is 43.4 Å². The van der Waals surface area contributed by atoms with Crippen LogP contribution >= 0.6 is 11.8 Å². The average Bonchev–Trinajstić information content (AvgIpc) is 3.23. The molecule has 150 valence electrons. The maximum absolute atomic E-state index is 12.7. The van der Waals surface area contributed by atoms with Gasteiger partial charge in [0.15, 0.2) is 11.0 Å². The molecule has 6 nitrogen and oxygen atoms in total. The van der Waals surface area contributed by atoms with Crippen LogP contribution in [0.2, 0.25) is 0 Å². The summed E-state index contributed by atoms with van der Waals surface area (Å²) in [5.41, 5.74) is 2.97. The number of aromatic nitrogens is 4. The van der Waals surface area contributed by atoms with Crippen molar-refractivity contribution in [1.82, 2.24) is 24.6 Å². The summed E-state index contributed by atoms with van der Waals surface area (Å²) in [6, 6.07) is 23.7. The molecule has 7 heteroatoms. The molecule has 0 bridgehead atoms. The largest absolute Gasteiger partial charge is 0.341 e. The zero-order valence-electron chi connectivity index (χ0n) is 16.5. The fourth-order valence-electron chi connectivity index (χ4n) is 3.04. The number of pyridine rings is 1. The molecular formula is C23H21N5OS. The monoisotopic (exact) mass is 415 g/mol. The fourth-order valence-corrected chi connectivity index (χ4v) is 3.94. The molecule has 0 spiro atoms. The number of amides is 1. The number of hydrogen-bond acceptors (Lipinski definition) is 5. The molecule has 0 N–H and O–H groups in total. The van der Waals surface area contributed by atoms with Crippen molar-refractivity contribution in [3.05, 3.63) is 90.8 Å². The van der Waals surface area contributed by atoms with E-state index in [9.17, 15) is 4.79 Å². The number of para-hydroxylation sites is 1. The second-order valence-corrected chi connectivity index (χ2v) is 7.68. The first-order valence-electron chi connectivity index (χ1n) is 9.54. The van der Waals surface area contributed by atoms with Crippen molar-refractivity contribution in [3.8, 4) is 17.1 Å². The zero-order valence-corrected chi connectivity index (χ0v) is 17.4. The van der Waals surface area contributed by atoms with Gasteiger partial charge in [0, 0.05) is 37.2 Å². The Kier molecular flexibility index (Phi) is 6.20. The lowest BCUT2D eigenvalue weighted by Crippen LogP contribution is -2.27. The number of thioether (sulfide) groups is 1. The minimum absolute atomic E-state index is 0.0388. The molecular weight excluding hydrogens is 394 g/mol. The highest BCUT2D eigenvalue weighted by Gasteiger charge is 2.18. The maximum Gasteiger partial charge on any atom is 0.233 e. The molecule has 4 rings (SSSR count). The molecule has 30 heavy (non-hydrogen) atoms. The summed E-state index contributed by atoms with van der Waals surface area (Å²) >= 11 is 1.39. The van der Waals surface area contributed by atoms with Gasteiger partial charge in [0.05, 0.1) is 5.75 Å². The van der Waals surface area contributed by atoms with E-state index >= 15 is 0 Å². The standard InChI is InChI=1S/C23H21N5OS/c1-27(16-18-8-4-2-5-9-18)21(29)17-30-23-26-25-22(19-12-14-24-15-13-19)28(23)20-10-6-3-7-11-20/h2-15H,16-17H2,1H3. The second kappa shape index (κ2) is 9.37. The van der Waals surface area contributed by atoms with Gasteiger partial charge in [-0.1, -0.05) is 60.3 Å². The van der Waals surface area contributed by atoms with Crippen molar-refractivity contribution in [2.45, 2.75) is 11.7 Å². The van der Waals surface area contributed by atoms with Crippen LogP contribution < -0.4 is 0 Å². The Morgan fingerprint density at radius 2 is 1.60 bits per heavy atom. The van der Waals surface area contributed by atoms with E-state index in [1.807, 2.05) is 84.4 Å². The summed E-state index contributed by atoms with van der Waals surface area (Å²) < 4.78 is 1.98. The third-order valence-electron chi connectivity index (χ3n) is 4.60. The van der Waals surface area contributed by atoms with Gasteiger partial charge in [0.2, 0.25) is 5.91 Å². The minimum atomic E-state index is 0.0388. The number of benzene rings is 2. The molecule has 0 fully saturated rings. The summed E-state index contributed by atoms with van der Waals surface area (Å²) in [6.45, 7) is 0.577. The molecule has 0 radical (unpaired) electrons. The summed E-state index contributed by atoms with van der Waals surface area (Å²) in [7, 11) is 1.82. The van der Waals surface area contributed by atoms with E-state index in [1.54, 1.807) is 17.3 Å². The molecule has 0 saturated heterocycles. The Morgan fingerprint density at radius 3 is 2.30 bits per heavy atom. The van der Waals surface area contributed by atoms with Gasteiger partial charge < -0.3 is 4.90 Å². The Hall–Kier alpha value is -3.45. The molecule has 2 aromatic heterocycles. The molecule has 1 amide bonds. The highest BCUT2D eigenvalue weighted by atomic mass is 32.2. The normalized spacial score (nSPS) is 10.7. The van der Waals surface area contributed by atoms with Gasteiger partial charge >= 0.3 is 0 Å². The molecule has 0 saturated carbocycles. The third kappa shape index (κ3) is 4.58. The smallest absolute Gasteiger partial charge is 0.233 e. The molecule has 0 atom stereocenters. The minimum Gasteiger partial charge on any atom is -0.341 e. The molecule has 2 heterocycles. The number of carbonyl (C=O) groups excluding carboxylic acids is 1.